The molecular formula is C20H31N5O. The van der Waals surface area contributed by atoms with Crippen molar-refractivity contribution in [3.05, 3.63) is 23.7 Å². The Labute approximate surface area is 155 Å². The van der Waals surface area contributed by atoms with E-state index < -0.39 is 0 Å². The van der Waals surface area contributed by atoms with E-state index in [1.165, 1.54) is 19.3 Å². The van der Waals surface area contributed by atoms with Crippen molar-refractivity contribution < 1.29 is 4.74 Å². The lowest BCUT2D eigenvalue weighted by Gasteiger charge is -2.34. The fraction of sp³-hybridized carbons (Fsp3) is 0.750. The molecule has 1 atom stereocenters. The molecule has 2 aliphatic heterocycles. The molecule has 6 heteroatoms. The number of nitrogens with zero attached hydrogens (tertiary/aromatic N) is 5. The highest BCUT2D eigenvalue weighted by Gasteiger charge is 2.27. The van der Waals surface area contributed by atoms with Gasteiger partial charge >= 0.3 is 0 Å². The summed E-state index contributed by atoms with van der Waals surface area (Å²) in [5.41, 5.74) is 1.96. The van der Waals surface area contributed by atoms with Crippen LogP contribution in [-0.2, 0) is 10.2 Å². The molecule has 1 unspecified atom stereocenters. The summed E-state index contributed by atoms with van der Waals surface area (Å²) in [5, 5.41) is 13.7. The number of fused-ring (bicyclic) bond motifs is 1. The van der Waals surface area contributed by atoms with Gasteiger partial charge in [0.1, 0.15) is 0 Å². The smallest absolute Gasteiger partial charge is 0.177 e. The van der Waals surface area contributed by atoms with Crippen molar-refractivity contribution in [1.82, 2.24) is 24.7 Å². The van der Waals surface area contributed by atoms with E-state index in [9.17, 15) is 0 Å². The molecule has 2 aromatic rings. The lowest BCUT2D eigenvalue weighted by molar-refractivity contribution is -0.00965. The van der Waals surface area contributed by atoms with E-state index in [1.807, 2.05) is 10.6 Å². The maximum absolute atomic E-state index is 5.90. The van der Waals surface area contributed by atoms with Gasteiger partial charge < -0.3 is 9.64 Å². The van der Waals surface area contributed by atoms with Crippen molar-refractivity contribution in [3.8, 4) is 0 Å². The van der Waals surface area contributed by atoms with Crippen molar-refractivity contribution in [3.63, 3.8) is 0 Å². The maximum atomic E-state index is 5.90. The molecule has 2 fully saturated rings. The summed E-state index contributed by atoms with van der Waals surface area (Å²) in [5.74, 6) is 1.47. The highest BCUT2D eigenvalue weighted by molar-refractivity contribution is 5.37. The number of piperidine rings is 1. The Hall–Kier alpha value is -1.53. The summed E-state index contributed by atoms with van der Waals surface area (Å²) < 4.78 is 7.88. The van der Waals surface area contributed by atoms with E-state index in [4.69, 9.17) is 9.84 Å². The molecular weight excluding hydrogens is 326 g/mol. The fourth-order valence-corrected chi connectivity index (χ4v) is 4.07. The Morgan fingerprint density at radius 3 is 2.58 bits per heavy atom. The molecule has 0 radical (unpaired) electrons. The van der Waals surface area contributed by atoms with E-state index in [-0.39, 0.29) is 5.41 Å². The Bertz CT molecular complexity index is 736. The van der Waals surface area contributed by atoms with Gasteiger partial charge in [0.15, 0.2) is 11.5 Å². The van der Waals surface area contributed by atoms with Crippen molar-refractivity contribution in [2.75, 3.05) is 26.2 Å². The number of likely N-dealkylation sites (tertiary alicyclic amines) is 1. The number of rotatable bonds is 3. The zero-order valence-electron chi connectivity index (χ0n) is 16.3. The van der Waals surface area contributed by atoms with Crippen LogP contribution in [0.2, 0.25) is 0 Å². The van der Waals surface area contributed by atoms with Crippen LogP contribution in [0.4, 0.5) is 0 Å². The van der Waals surface area contributed by atoms with E-state index in [0.717, 1.165) is 56.2 Å². The standard InChI is InChI=1S/C20H31N5O/c1-20(2,3)17-7-8-18-21-22-19(25(18)23-17)15-9-11-24(12-10-15)14-16-6-4-5-13-26-16/h7-8,15-16H,4-6,9-14H2,1-3H3. The molecule has 0 saturated carbocycles. The van der Waals surface area contributed by atoms with Crippen molar-refractivity contribution in [2.24, 2.45) is 0 Å². The van der Waals surface area contributed by atoms with Gasteiger partial charge in [0, 0.05) is 24.5 Å². The molecule has 4 heterocycles. The number of ether oxygens (including phenoxy) is 1. The normalized spacial score (nSPS) is 23.6. The second-order valence-electron chi connectivity index (χ2n) is 8.86. The summed E-state index contributed by atoms with van der Waals surface area (Å²) in [7, 11) is 0. The lowest BCUT2D eigenvalue weighted by atomic mass is 9.92. The Morgan fingerprint density at radius 1 is 1.08 bits per heavy atom. The van der Waals surface area contributed by atoms with Crippen LogP contribution in [-0.4, -0.2) is 57.1 Å². The number of aromatic nitrogens is 4. The summed E-state index contributed by atoms with van der Waals surface area (Å²) in [6, 6.07) is 4.11. The van der Waals surface area contributed by atoms with Gasteiger partial charge in [-0.05, 0) is 57.3 Å². The van der Waals surface area contributed by atoms with E-state index in [2.05, 4.69) is 41.9 Å². The van der Waals surface area contributed by atoms with Gasteiger partial charge in [-0.3, -0.25) is 0 Å². The molecule has 0 aliphatic carbocycles. The van der Waals surface area contributed by atoms with Gasteiger partial charge in [-0.1, -0.05) is 20.8 Å². The van der Waals surface area contributed by atoms with Crippen LogP contribution in [0.15, 0.2) is 12.1 Å². The van der Waals surface area contributed by atoms with Crippen molar-refractivity contribution in [2.45, 2.75) is 70.3 Å². The molecule has 2 aromatic heterocycles. The SMILES string of the molecule is CC(C)(C)c1ccc2nnc(C3CCN(CC4CCCCO4)CC3)n2n1. The lowest BCUT2D eigenvalue weighted by Crippen LogP contribution is -2.40. The zero-order valence-corrected chi connectivity index (χ0v) is 16.3. The molecule has 2 saturated heterocycles. The predicted molar refractivity (Wildman–Crippen MR) is 101 cm³/mol. The highest BCUT2D eigenvalue weighted by Crippen LogP contribution is 2.28. The number of hydrogen-bond donors (Lipinski definition) is 0. The molecule has 142 valence electrons. The summed E-state index contributed by atoms with van der Waals surface area (Å²) in [4.78, 5) is 2.56. The molecule has 0 aromatic carbocycles. The minimum atomic E-state index is 0.0269. The second kappa shape index (κ2) is 7.24. The third kappa shape index (κ3) is 3.76. The minimum absolute atomic E-state index is 0.0269. The first kappa shape index (κ1) is 17.9. The van der Waals surface area contributed by atoms with Crippen LogP contribution >= 0.6 is 0 Å². The summed E-state index contributed by atoms with van der Waals surface area (Å²) >= 11 is 0. The van der Waals surface area contributed by atoms with Crippen LogP contribution in [0.5, 0.6) is 0 Å². The molecule has 4 rings (SSSR count). The third-order valence-corrected chi connectivity index (χ3v) is 5.74. The average Bonchev–Trinajstić information content (AvgIpc) is 3.06. The van der Waals surface area contributed by atoms with Crippen molar-refractivity contribution >= 4 is 5.65 Å². The second-order valence-corrected chi connectivity index (χ2v) is 8.86. The van der Waals surface area contributed by atoms with Gasteiger partial charge in [0.25, 0.3) is 0 Å². The first-order valence-corrected chi connectivity index (χ1v) is 10.1. The van der Waals surface area contributed by atoms with Gasteiger partial charge in [0.2, 0.25) is 0 Å². The molecule has 0 bridgehead atoms. The first-order chi connectivity index (χ1) is 12.5. The van der Waals surface area contributed by atoms with Crippen LogP contribution in [0.3, 0.4) is 0 Å². The molecule has 26 heavy (non-hydrogen) atoms. The summed E-state index contributed by atoms with van der Waals surface area (Å²) in [6.45, 7) is 10.8. The van der Waals surface area contributed by atoms with Gasteiger partial charge in [0.05, 0.1) is 11.8 Å². The highest BCUT2D eigenvalue weighted by atomic mass is 16.5. The summed E-state index contributed by atoms with van der Waals surface area (Å²) in [6.07, 6.45) is 6.43. The molecule has 0 spiro atoms. The van der Waals surface area contributed by atoms with E-state index >= 15 is 0 Å². The van der Waals surface area contributed by atoms with Crippen LogP contribution < -0.4 is 0 Å². The molecule has 0 N–H and O–H groups in total. The van der Waals surface area contributed by atoms with Gasteiger partial charge in [-0.2, -0.15) is 9.61 Å². The molecule has 0 amide bonds. The fourth-order valence-electron chi connectivity index (χ4n) is 4.07. The van der Waals surface area contributed by atoms with Gasteiger partial charge in [-0.15, -0.1) is 10.2 Å². The van der Waals surface area contributed by atoms with Crippen molar-refractivity contribution in [1.29, 1.82) is 0 Å². The molecule has 2 aliphatic rings. The average molecular weight is 358 g/mol. The Balaban J connectivity index is 1.44. The minimum Gasteiger partial charge on any atom is -0.377 e. The maximum Gasteiger partial charge on any atom is 0.177 e. The quantitative estimate of drug-likeness (QED) is 0.844. The van der Waals surface area contributed by atoms with Crippen LogP contribution in [0.25, 0.3) is 5.65 Å². The van der Waals surface area contributed by atoms with Gasteiger partial charge in [-0.25, -0.2) is 0 Å². The van der Waals surface area contributed by atoms with E-state index in [1.54, 1.807) is 0 Å². The Kier molecular flexibility index (Phi) is 4.97. The topological polar surface area (TPSA) is 55.5 Å². The van der Waals surface area contributed by atoms with Crippen LogP contribution in [0, 0.1) is 0 Å². The molecule has 6 nitrogen and oxygen atoms in total. The largest absolute Gasteiger partial charge is 0.377 e. The van der Waals surface area contributed by atoms with Crippen LogP contribution in [0.1, 0.15) is 70.3 Å². The van der Waals surface area contributed by atoms with E-state index in [0.29, 0.717) is 12.0 Å². The third-order valence-electron chi connectivity index (χ3n) is 5.74. The Morgan fingerprint density at radius 2 is 1.88 bits per heavy atom. The first-order valence-electron chi connectivity index (χ1n) is 10.1. The number of hydrogen-bond acceptors (Lipinski definition) is 5. The predicted octanol–water partition coefficient (Wildman–Crippen LogP) is 3.17. The monoisotopic (exact) mass is 357 g/mol. The zero-order chi connectivity index (χ0) is 18.1.